The summed E-state index contributed by atoms with van der Waals surface area (Å²) in [6.07, 6.45) is 4.45. The normalized spacial score (nSPS) is 13.6. The second-order valence-corrected chi connectivity index (χ2v) is 10.1. The number of hydrogen-bond donors (Lipinski definition) is 1. The van der Waals surface area contributed by atoms with Gasteiger partial charge in [0.2, 0.25) is 0 Å². The number of para-hydroxylation sites is 1. The molecule has 5 rings (SSSR count). The highest BCUT2D eigenvalue weighted by Gasteiger charge is 2.27. The van der Waals surface area contributed by atoms with Gasteiger partial charge in [-0.05, 0) is 86.1 Å². The number of pyridine rings is 1. The van der Waals surface area contributed by atoms with Crippen molar-refractivity contribution in [3.8, 4) is 0 Å². The molecule has 0 unspecified atom stereocenters. The van der Waals surface area contributed by atoms with Crippen molar-refractivity contribution >= 4 is 45.8 Å². The van der Waals surface area contributed by atoms with E-state index < -0.39 is 23.4 Å². The number of nitrogens with one attached hydrogen (secondary N) is 1. The van der Waals surface area contributed by atoms with Gasteiger partial charge in [-0.2, -0.15) is 0 Å². The molecule has 0 saturated carbocycles. The second-order valence-electron chi connectivity index (χ2n) is 10.1. The summed E-state index contributed by atoms with van der Waals surface area (Å²) >= 11 is 0. The quantitative estimate of drug-likeness (QED) is 0.166. The predicted octanol–water partition coefficient (Wildman–Crippen LogP) is 6.74. The summed E-state index contributed by atoms with van der Waals surface area (Å²) in [5.41, 5.74) is 7.30. The van der Waals surface area contributed by atoms with Crippen molar-refractivity contribution in [2.24, 2.45) is 0 Å². The van der Waals surface area contributed by atoms with E-state index in [1.165, 1.54) is 11.6 Å². The first-order valence-electron chi connectivity index (χ1n) is 13.1. The average Bonchev–Trinajstić information content (AvgIpc) is 2.93. The van der Waals surface area contributed by atoms with Crippen LogP contribution in [0.15, 0.2) is 60.7 Å². The van der Waals surface area contributed by atoms with E-state index >= 15 is 0 Å². The molecule has 0 bridgehead atoms. The third kappa shape index (κ3) is 5.47. The lowest BCUT2D eigenvalue weighted by molar-refractivity contribution is -0.384. The Bertz CT molecular complexity index is 1690. The average molecular weight is 536 g/mol. The Morgan fingerprint density at radius 1 is 1.02 bits per heavy atom. The van der Waals surface area contributed by atoms with Crippen molar-refractivity contribution in [1.29, 1.82) is 0 Å². The molecule has 40 heavy (non-hydrogen) atoms. The molecule has 0 radical (unpaired) electrons. The van der Waals surface area contributed by atoms with Gasteiger partial charge >= 0.3 is 5.97 Å². The van der Waals surface area contributed by atoms with Gasteiger partial charge in [-0.25, -0.2) is 9.78 Å². The topological polar surface area (TPSA) is 111 Å². The van der Waals surface area contributed by atoms with E-state index in [1.54, 1.807) is 19.9 Å². The highest BCUT2D eigenvalue weighted by atomic mass is 16.6. The molecule has 1 aliphatic rings. The first-order valence-corrected chi connectivity index (χ1v) is 13.1. The highest BCUT2D eigenvalue weighted by Crippen LogP contribution is 2.36. The number of hydrogen-bond acceptors (Lipinski definition) is 6. The van der Waals surface area contributed by atoms with Gasteiger partial charge in [-0.3, -0.25) is 14.9 Å². The SMILES string of the molecule is Cc1ccc(C=C2CCCc3c2nc2ccccc2c3C(=O)OCC(=O)Nc2cc(C)c(C)cc2[N+](=O)[O-])cc1. The van der Waals surface area contributed by atoms with Gasteiger partial charge in [0, 0.05) is 11.5 Å². The fourth-order valence-corrected chi connectivity index (χ4v) is 5.01. The number of benzene rings is 3. The van der Waals surface area contributed by atoms with Crippen LogP contribution < -0.4 is 5.32 Å². The molecule has 0 fully saturated rings. The number of nitro benzene ring substituents is 1. The van der Waals surface area contributed by atoms with Crippen LogP contribution in [0.5, 0.6) is 0 Å². The summed E-state index contributed by atoms with van der Waals surface area (Å²) in [5.74, 6) is -1.29. The third-order valence-corrected chi connectivity index (χ3v) is 7.21. The monoisotopic (exact) mass is 535 g/mol. The van der Waals surface area contributed by atoms with E-state index in [2.05, 4.69) is 35.7 Å². The molecule has 202 valence electrons. The number of carbonyl (C=O) groups excluding carboxylic acids is 2. The maximum Gasteiger partial charge on any atom is 0.339 e. The fraction of sp³-hybridized carbons (Fsp3) is 0.219. The van der Waals surface area contributed by atoms with Crippen molar-refractivity contribution in [3.05, 3.63) is 110 Å². The molecule has 1 aliphatic carbocycles. The third-order valence-electron chi connectivity index (χ3n) is 7.21. The minimum atomic E-state index is -0.660. The maximum absolute atomic E-state index is 13.5. The van der Waals surface area contributed by atoms with Gasteiger partial charge in [0.1, 0.15) is 5.69 Å². The Labute approximate surface area is 231 Å². The minimum Gasteiger partial charge on any atom is -0.452 e. The van der Waals surface area contributed by atoms with Crippen LogP contribution in [-0.2, 0) is 16.0 Å². The number of aryl methyl sites for hydroxylation is 3. The molecule has 1 amide bonds. The summed E-state index contributed by atoms with van der Waals surface area (Å²) in [5, 5.41) is 14.7. The smallest absolute Gasteiger partial charge is 0.339 e. The van der Waals surface area contributed by atoms with Gasteiger partial charge in [-0.15, -0.1) is 0 Å². The predicted molar refractivity (Wildman–Crippen MR) is 155 cm³/mol. The summed E-state index contributed by atoms with van der Waals surface area (Å²) in [6.45, 7) is 5.02. The number of fused-ring (bicyclic) bond motifs is 2. The van der Waals surface area contributed by atoms with E-state index in [0.717, 1.165) is 46.4 Å². The summed E-state index contributed by atoms with van der Waals surface area (Å²) in [6, 6.07) is 18.6. The summed E-state index contributed by atoms with van der Waals surface area (Å²) in [7, 11) is 0. The number of amides is 1. The Balaban J connectivity index is 1.44. The van der Waals surface area contributed by atoms with E-state index in [0.29, 0.717) is 22.9 Å². The van der Waals surface area contributed by atoms with Crippen LogP contribution in [0.2, 0.25) is 0 Å². The molecular weight excluding hydrogens is 506 g/mol. The van der Waals surface area contributed by atoms with Gasteiger partial charge < -0.3 is 10.1 Å². The number of allylic oxidation sites excluding steroid dienone is 1. The van der Waals surface area contributed by atoms with Gasteiger partial charge in [0.15, 0.2) is 6.61 Å². The highest BCUT2D eigenvalue weighted by molar-refractivity contribution is 6.07. The second kappa shape index (κ2) is 11.1. The Morgan fingerprint density at radius 2 is 1.75 bits per heavy atom. The Morgan fingerprint density at radius 3 is 2.50 bits per heavy atom. The lowest BCUT2D eigenvalue weighted by Crippen LogP contribution is -2.23. The molecule has 0 atom stereocenters. The Kier molecular flexibility index (Phi) is 7.42. The first-order chi connectivity index (χ1) is 19.2. The van der Waals surface area contributed by atoms with Crippen molar-refractivity contribution in [2.75, 3.05) is 11.9 Å². The van der Waals surface area contributed by atoms with E-state index in [4.69, 9.17) is 9.72 Å². The van der Waals surface area contributed by atoms with Gasteiger partial charge in [0.05, 0.1) is 21.7 Å². The number of esters is 1. The van der Waals surface area contributed by atoms with Crippen molar-refractivity contribution in [2.45, 2.75) is 40.0 Å². The largest absolute Gasteiger partial charge is 0.452 e. The molecular formula is C32H29N3O5. The van der Waals surface area contributed by atoms with Crippen LogP contribution in [0.4, 0.5) is 11.4 Å². The van der Waals surface area contributed by atoms with E-state index in [9.17, 15) is 19.7 Å². The number of aromatic nitrogens is 1. The van der Waals surface area contributed by atoms with Crippen molar-refractivity contribution in [1.82, 2.24) is 4.98 Å². The zero-order valence-electron chi connectivity index (χ0n) is 22.6. The standard InChI is InChI=1S/C32H29N3O5/c1-19-11-13-22(14-12-19)17-23-7-6-9-25-30(24-8-4-5-10-26(24)34-31(23)25)32(37)40-18-29(36)33-27-15-20(2)21(3)16-28(27)35(38)39/h4-5,8,10-17H,6-7,9,18H2,1-3H3,(H,33,36). The number of ether oxygens (including phenoxy) is 1. The summed E-state index contributed by atoms with van der Waals surface area (Å²) < 4.78 is 5.49. The molecule has 3 aromatic carbocycles. The van der Waals surface area contributed by atoms with E-state index in [1.807, 2.05) is 31.2 Å². The maximum atomic E-state index is 13.5. The molecule has 0 aliphatic heterocycles. The van der Waals surface area contributed by atoms with Crippen LogP contribution >= 0.6 is 0 Å². The molecule has 1 heterocycles. The van der Waals surface area contributed by atoms with Crippen LogP contribution in [0, 0.1) is 30.9 Å². The number of nitro groups is 1. The first kappa shape index (κ1) is 26.7. The number of carbonyl (C=O) groups is 2. The van der Waals surface area contributed by atoms with Crippen LogP contribution in [0.1, 0.15) is 56.7 Å². The van der Waals surface area contributed by atoms with Gasteiger partial charge in [0.25, 0.3) is 11.6 Å². The zero-order valence-corrected chi connectivity index (χ0v) is 22.6. The molecule has 4 aromatic rings. The lowest BCUT2D eigenvalue weighted by Gasteiger charge is -2.22. The zero-order chi connectivity index (χ0) is 28.4. The summed E-state index contributed by atoms with van der Waals surface area (Å²) in [4.78, 5) is 42.1. The fourth-order valence-electron chi connectivity index (χ4n) is 5.01. The number of rotatable bonds is 6. The molecule has 8 nitrogen and oxygen atoms in total. The van der Waals surface area contributed by atoms with Crippen LogP contribution in [0.25, 0.3) is 22.6 Å². The minimum absolute atomic E-state index is 0.0618. The van der Waals surface area contributed by atoms with Crippen molar-refractivity contribution < 1.29 is 19.2 Å². The molecule has 1 aromatic heterocycles. The van der Waals surface area contributed by atoms with Crippen LogP contribution in [0.3, 0.4) is 0 Å². The number of nitrogens with zero attached hydrogens (tertiary/aromatic N) is 2. The lowest BCUT2D eigenvalue weighted by atomic mass is 9.86. The number of anilines is 1. The molecule has 0 spiro atoms. The van der Waals surface area contributed by atoms with Crippen LogP contribution in [-0.4, -0.2) is 28.4 Å². The molecule has 0 saturated heterocycles. The molecule has 8 heteroatoms. The Hall–Kier alpha value is -4.85. The molecule has 1 N–H and O–H groups in total. The van der Waals surface area contributed by atoms with E-state index in [-0.39, 0.29) is 11.4 Å². The van der Waals surface area contributed by atoms with Gasteiger partial charge in [-0.1, -0.05) is 48.0 Å². The van der Waals surface area contributed by atoms with Crippen molar-refractivity contribution in [3.63, 3.8) is 0 Å².